The van der Waals surface area contributed by atoms with Crippen LogP contribution in [0.1, 0.15) is 11.1 Å². The summed E-state index contributed by atoms with van der Waals surface area (Å²) >= 11 is 0. The second kappa shape index (κ2) is 5.34. The Hall–Kier alpha value is -1.63. The average molecular weight is 265 g/mol. The smallest absolute Gasteiger partial charge is 0.416 e. The molecule has 0 saturated carbocycles. The summed E-state index contributed by atoms with van der Waals surface area (Å²) in [5.41, 5.74) is 4.26. The molecule has 0 aromatic heterocycles. The fraction of sp³-hybridized carbons (Fsp3) is 0.364. The van der Waals surface area contributed by atoms with Crippen molar-refractivity contribution in [2.75, 3.05) is 7.11 Å². The maximum atomic E-state index is 13.0. The topological polar surface area (TPSA) is 52.3 Å². The molecular weight excluding hydrogens is 254 g/mol. The van der Waals surface area contributed by atoms with Gasteiger partial charge in [0, 0.05) is 0 Å². The first-order valence-corrected chi connectivity index (χ1v) is 4.94. The van der Waals surface area contributed by atoms with Crippen molar-refractivity contribution in [2.24, 2.45) is 5.73 Å². The summed E-state index contributed by atoms with van der Waals surface area (Å²) < 4.78 is 54.6. The molecule has 1 atom stereocenters. The first-order valence-electron chi connectivity index (χ1n) is 4.94. The molecule has 0 amide bonds. The molecule has 2 N–H and O–H groups in total. The molecule has 1 rings (SSSR count). The van der Waals surface area contributed by atoms with Crippen LogP contribution in [0, 0.1) is 5.82 Å². The largest absolute Gasteiger partial charge is 0.468 e. The molecule has 0 aliphatic carbocycles. The molecule has 1 aromatic rings. The Kier molecular flexibility index (Phi) is 4.28. The van der Waals surface area contributed by atoms with Gasteiger partial charge in [0.05, 0.1) is 12.7 Å². The maximum Gasteiger partial charge on any atom is 0.416 e. The van der Waals surface area contributed by atoms with Crippen molar-refractivity contribution in [1.82, 2.24) is 0 Å². The second-order valence-corrected chi connectivity index (χ2v) is 3.68. The zero-order valence-corrected chi connectivity index (χ0v) is 9.42. The van der Waals surface area contributed by atoms with E-state index in [1.54, 1.807) is 0 Å². The van der Waals surface area contributed by atoms with Gasteiger partial charge in [-0.3, -0.25) is 4.79 Å². The average Bonchev–Trinajstić information content (AvgIpc) is 2.25. The number of hydrogen-bond donors (Lipinski definition) is 1. The van der Waals surface area contributed by atoms with Gasteiger partial charge in [-0.05, 0) is 30.2 Å². The van der Waals surface area contributed by atoms with Gasteiger partial charge in [-0.1, -0.05) is 0 Å². The van der Waals surface area contributed by atoms with E-state index < -0.39 is 29.6 Å². The van der Waals surface area contributed by atoms with E-state index in [1.807, 2.05) is 0 Å². The molecule has 100 valence electrons. The number of alkyl halides is 3. The summed E-state index contributed by atoms with van der Waals surface area (Å²) in [6.07, 6.45) is -4.88. The van der Waals surface area contributed by atoms with Gasteiger partial charge in [0.2, 0.25) is 0 Å². The Morgan fingerprint density at radius 3 is 2.50 bits per heavy atom. The summed E-state index contributed by atoms with van der Waals surface area (Å²) in [5, 5.41) is 0. The molecule has 1 aromatic carbocycles. The predicted molar refractivity (Wildman–Crippen MR) is 55.1 cm³/mol. The van der Waals surface area contributed by atoms with Crippen LogP contribution in [0.25, 0.3) is 0 Å². The summed E-state index contributed by atoms with van der Waals surface area (Å²) in [7, 11) is 1.11. The van der Waals surface area contributed by atoms with Crippen molar-refractivity contribution in [2.45, 2.75) is 18.6 Å². The molecule has 0 aliphatic heterocycles. The van der Waals surface area contributed by atoms with E-state index in [-0.39, 0.29) is 12.0 Å². The lowest BCUT2D eigenvalue weighted by Crippen LogP contribution is -2.33. The van der Waals surface area contributed by atoms with E-state index in [1.165, 1.54) is 0 Å². The van der Waals surface area contributed by atoms with Gasteiger partial charge in [-0.2, -0.15) is 13.2 Å². The number of carbonyl (C=O) groups excluding carboxylic acids is 1. The third kappa shape index (κ3) is 3.69. The highest BCUT2D eigenvalue weighted by molar-refractivity contribution is 5.75. The van der Waals surface area contributed by atoms with Crippen LogP contribution < -0.4 is 5.73 Å². The van der Waals surface area contributed by atoms with E-state index in [2.05, 4.69) is 4.74 Å². The van der Waals surface area contributed by atoms with E-state index in [9.17, 15) is 22.4 Å². The van der Waals surface area contributed by atoms with Gasteiger partial charge >= 0.3 is 12.1 Å². The van der Waals surface area contributed by atoms with Crippen LogP contribution in [0.5, 0.6) is 0 Å². The quantitative estimate of drug-likeness (QED) is 0.670. The number of hydrogen-bond acceptors (Lipinski definition) is 3. The lowest BCUT2D eigenvalue weighted by Gasteiger charge is -2.12. The Labute approximate surface area is 101 Å². The number of esters is 1. The molecule has 0 radical (unpaired) electrons. The normalized spacial score (nSPS) is 13.2. The van der Waals surface area contributed by atoms with Gasteiger partial charge in [0.15, 0.2) is 0 Å². The molecule has 18 heavy (non-hydrogen) atoms. The molecule has 0 heterocycles. The van der Waals surface area contributed by atoms with Crippen LogP contribution in [-0.2, 0) is 22.1 Å². The number of ether oxygens (including phenoxy) is 1. The molecule has 0 aliphatic rings. The number of rotatable bonds is 3. The highest BCUT2D eigenvalue weighted by Crippen LogP contribution is 2.30. The van der Waals surface area contributed by atoms with Gasteiger partial charge in [0.1, 0.15) is 11.9 Å². The summed E-state index contributed by atoms with van der Waals surface area (Å²) in [6.45, 7) is 0. The van der Waals surface area contributed by atoms with Crippen LogP contribution in [-0.4, -0.2) is 19.1 Å². The van der Waals surface area contributed by atoms with Crippen LogP contribution >= 0.6 is 0 Å². The number of carbonyl (C=O) groups is 1. The first-order chi connectivity index (χ1) is 8.24. The second-order valence-electron chi connectivity index (χ2n) is 3.68. The summed E-state index contributed by atoms with van der Waals surface area (Å²) in [5.74, 6) is -1.80. The lowest BCUT2D eigenvalue weighted by molar-refractivity contribution is -0.142. The fourth-order valence-corrected chi connectivity index (χ4v) is 1.42. The predicted octanol–water partition coefficient (Wildman–Crippen LogP) is 1.89. The molecule has 1 unspecified atom stereocenters. The van der Waals surface area contributed by atoms with E-state index in [0.717, 1.165) is 19.2 Å². The first kappa shape index (κ1) is 14.4. The zero-order valence-electron chi connectivity index (χ0n) is 9.42. The molecular formula is C11H11F4NO2. The minimum atomic E-state index is -4.65. The van der Waals surface area contributed by atoms with Crippen LogP contribution in [0.15, 0.2) is 18.2 Å². The van der Waals surface area contributed by atoms with Gasteiger partial charge in [-0.25, -0.2) is 4.39 Å². The number of halogens is 4. The third-order valence-electron chi connectivity index (χ3n) is 2.24. The van der Waals surface area contributed by atoms with Gasteiger partial charge in [-0.15, -0.1) is 0 Å². The van der Waals surface area contributed by atoms with Gasteiger partial charge in [0.25, 0.3) is 0 Å². The van der Waals surface area contributed by atoms with E-state index in [0.29, 0.717) is 6.07 Å². The number of benzene rings is 1. The maximum absolute atomic E-state index is 13.0. The molecule has 7 heteroatoms. The highest BCUT2D eigenvalue weighted by Gasteiger charge is 2.31. The molecule has 0 fully saturated rings. The zero-order chi connectivity index (χ0) is 13.9. The van der Waals surface area contributed by atoms with E-state index >= 15 is 0 Å². The fourth-order valence-electron chi connectivity index (χ4n) is 1.42. The Bertz CT molecular complexity index is 445. The minimum Gasteiger partial charge on any atom is -0.468 e. The van der Waals surface area contributed by atoms with Crippen molar-refractivity contribution >= 4 is 5.97 Å². The van der Waals surface area contributed by atoms with Gasteiger partial charge < -0.3 is 10.5 Å². The molecule has 3 nitrogen and oxygen atoms in total. The highest BCUT2D eigenvalue weighted by atomic mass is 19.4. The Morgan fingerprint density at radius 1 is 1.39 bits per heavy atom. The number of nitrogens with two attached hydrogens (primary N) is 1. The Balaban J connectivity index is 2.97. The summed E-state index contributed by atoms with van der Waals surface area (Å²) in [4.78, 5) is 11.0. The molecule has 0 bridgehead atoms. The number of methoxy groups -OCH3 is 1. The Morgan fingerprint density at radius 2 is 2.00 bits per heavy atom. The van der Waals surface area contributed by atoms with Crippen molar-refractivity contribution in [3.8, 4) is 0 Å². The minimum absolute atomic E-state index is 0.0137. The van der Waals surface area contributed by atoms with Crippen LogP contribution in [0.2, 0.25) is 0 Å². The molecule has 0 saturated heterocycles. The van der Waals surface area contributed by atoms with Crippen molar-refractivity contribution in [3.63, 3.8) is 0 Å². The standard InChI is InChI=1S/C11H11F4NO2/c1-18-10(17)9(16)4-6-2-7(11(13,14)15)5-8(12)3-6/h2-3,5,9H,4,16H2,1H3. The lowest BCUT2D eigenvalue weighted by atomic mass is 10.0. The molecule has 0 spiro atoms. The van der Waals surface area contributed by atoms with Crippen LogP contribution in [0.3, 0.4) is 0 Å². The summed E-state index contributed by atoms with van der Waals surface area (Å²) in [6, 6.07) is 0.912. The van der Waals surface area contributed by atoms with Crippen molar-refractivity contribution in [3.05, 3.63) is 35.1 Å². The van der Waals surface area contributed by atoms with Crippen LogP contribution in [0.4, 0.5) is 17.6 Å². The van der Waals surface area contributed by atoms with E-state index in [4.69, 9.17) is 5.73 Å². The SMILES string of the molecule is COC(=O)C(N)Cc1cc(F)cc(C(F)(F)F)c1. The third-order valence-corrected chi connectivity index (χ3v) is 2.24. The van der Waals surface area contributed by atoms with Crippen molar-refractivity contribution < 1.29 is 27.1 Å². The monoisotopic (exact) mass is 265 g/mol. The van der Waals surface area contributed by atoms with Crippen molar-refractivity contribution in [1.29, 1.82) is 0 Å².